The molecule has 0 saturated heterocycles. The SMILES string of the molecule is CC.Cc1cc2nc3c(=O)[nH]c(=O)nc-3n(CC(O)Cc3ccc(C(C)(C)C)cc3)c2cc1C. The molecule has 180 valence electrons. The molecule has 2 aliphatic heterocycles. The summed E-state index contributed by atoms with van der Waals surface area (Å²) in [5.41, 5.74) is 4.51. The highest BCUT2D eigenvalue weighted by molar-refractivity contribution is 5.81. The molecule has 2 aliphatic rings. The molecule has 4 rings (SSSR count). The summed E-state index contributed by atoms with van der Waals surface area (Å²) < 4.78 is 1.73. The van der Waals surface area contributed by atoms with Gasteiger partial charge in [-0.1, -0.05) is 58.9 Å². The van der Waals surface area contributed by atoms with Crippen LogP contribution in [0.3, 0.4) is 0 Å². The summed E-state index contributed by atoms with van der Waals surface area (Å²) >= 11 is 0. The number of benzene rings is 2. The first-order valence-corrected chi connectivity index (χ1v) is 11.7. The number of nitrogens with zero attached hydrogens (tertiary/aromatic N) is 3. The average molecular weight is 463 g/mol. The van der Waals surface area contributed by atoms with Gasteiger partial charge in [-0.25, -0.2) is 9.78 Å². The van der Waals surface area contributed by atoms with Gasteiger partial charge in [-0.3, -0.25) is 9.78 Å². The lowest BCUT2D eigenvalue weighted by atomic mass is 9.86. The van der Waals surface area contributed by atoms with Crippen molar-refractivity contribution in [1.29, 1.82) is 0 Å². The highest BCUT2D eigenvalue weighted by atomic mass is 16.3. The molecule has 0 spiro atoms. The monoisotopic (exact) mass is 462 g/mol. The van der Waals surface area contributed by atoms with E-state index in [1.165, 1.54) is 5.56 Å². The molecule has 2 aromatic rings. The lowest BCUT2D eigenvalue weighted by Gasteiger charge is -2.21. The minimum absolute atomic E-state index is 0.0621. The van der Waals surface area contributed by atoms with Crippen molar-refractivity contribution in [2.75, 3.05) is 0 Å². The number of aliphatic hydroxyl groups is 1. The molecule has 7 heteroatoms. The number of aromatic amines is 1. The number of rotatable bonds is 4. The Morgan fingerprint density at radius 1 is 1.00 bits per heavy atom. The van der Waals surface area contributed by atoms with Gasteiger partial charge in [0.05, 0.1) is 23.7 Å². The normalized spacial score (nSPS) is 12.5. The van der Waals surface area contributed by atoms with Crippen LogP contribution in [0.5, 0.6) is 0 Å². The molecule has 0 radical (unpaired) electrons. The van der Waals surface area contributed by atoms with Crippen LogP contribution in [0.15, 0.2) is 46.0 Å². The maximum Gasteiger partial charge on any atom is 0.349 e. The molecule has 0 saturated carbocycles. The Hall–Kier alpha value is -3.32. The molecule has 7 nitrogen and oxygen atoms in total. The first kappa shape index (κ1) is 25.3. The molecule has 1 atom stereocenters. The van der Waals surface area contributed by atoms with Gasteiger partial charge in [0.15, 0.2) is 11.5 Å². The summed E-state index contributed by atoms with van der Waals surface area (Å²) in [7, 11) is 0. The van der Waals surface area contributed by atoms with Gasteiger partial charge in [0, 0.05) is 6.42 Å². The topological polar surface area (TPSA) is 101 Å². The van der Waals surface area contributed by atoms with E-state index in [0.29, 0.717) is 11.9 Å². The van der Waals surface area contributed by atoms with Crippen LogP contribution in [0, 0.1) is 13.8 Å². The first-order chi connectivity index (χ1) is 16.0. The fourth-order valence-electron chi connectivity index (χ4n) is 3.92. The molecule has 0 fully saturated rings. The number of hydrogen-bond donors (Lipinski definition) is 2. The Kier molecular flexibility index (Phi) is 7.36. The third kappa shape index (κ3) is 5.25. The number of fused-ring (bicyclic) bond motifs is 2. The molecule has 0 amide bonds. The third-order valence-corrected chi connectivity index (χ3v) is 5.91. The molecule has 2 aromatic carbocycles. The summed E-state index contributed by atoms with van der Waals surface area (Å²) in [5.74, 6) is 0.177. The number of nitrogens with one attached hydrogen (secondary N) is 1. The van der Waals surface area contributed by atoms with Crippen molar-refractivity contribution in [1.82, 2.24) is 19.5 Å². The van der Waals surface area contributed by atoms with Gasteiger partial charge < -0.3 is 9.67 Å². The van der Waals surface area contributed by atoms with Crippen LogP contribution < -0.4 is 11.2 Å². The number of aryl methyl sites for hydroxylation is 2. The number of aliphatic hydroxyl groups excluding tert-OH is 1. The van der Waals surface area contributed by atoms with Crippen LogP contribution in [0.4, 0.5) is 0 Å². The number of H-pyrrole nitrogens is 1. The number of hydrogen-bond acceptors (Lipinski definition) is 5. The zero-order valence-corrected chi connectivity index (χ0v) is 21.1. The minimum Gasteiger partial charge on any atom is -0.391 e. The molecule has 1 unspecified atom stereocenters. The lowest BCUT2D eigenvalue weighted by molar-refractivity contribution is 0.156. The summed E-state index contributed by atoms with van der Waals surface area (Å²) in [4.78, 5) is 35.0. The first-order valence-electron chi connectivity index (χ1n) is 11.7. The van der Waals surface area contributed by atoms with Crippen LogP contribution in [-0.4, -0.2) is 30.7 Å². The molecular weight excluding hydrogens is 428 g/mol. The Labute approximate surface area is 199 Å². The van der Waals surface area contributed by atoms with Gasteiger partial charge in [0.2, 0.25) is 0 Å². The summed E-state index contributed by atoms with van der Waals surface area (Å²) in [6, 6.07) is 12.1. The van der Waals surface area contributed by atoms with Gasteiger partial charge >= 0.3 is 5.69 Å². The predicted molar refractivity (Wildman–Crippen MR) is 137 cm³/mol. The Balaban J connectivity index is 0.00000158. The highest BCUT2D eigenvalue weighted by Crippen LogP contribution is 2.25. The Morgan fingerprint density at radius 3 is 2.24 bits per heavy atom. The largest absolute Gasteiger partial charge is 0.391 e. The summed E-state index contributed by atoms with van der Waals surface area (Å²) in [5, 5.41) is 10.9. The van der Waals surface area contributed by atoms with Gasteiger partial charge in [0.25, 0.3) is 5.56 Å². The lowest BCUT2D eigenvalue weighted by Crippen LogP contribution is -2.30. The van der Waals surface area contributed by atoms with E-state index in [9.17, 15) is 14.7 Å². The number of aromatic nitrogens is 4. The molecule has 0 bridgehead atoms. The fraction of sp³-hybridized carbons (Fsp3) is 0.407. The van der Waals surface area contributed by atoms with Crippen LogP contribution >= 0.6 is 0 Å². The van der Waals surface area contributed by atoms with Crippen molar-refractivity contribution in [2.45, 2.75) is 73.0 Å². The van der Waals surface area contributed by atoms with Crippen molar-refractivity contribution in [3.05, 3.63) is 79.5 Å². The summed E-state index contributed by atoms with van der Waals surface area (Å²) in [6.45, 7) is 14.6. The van der Waals surface area contributed by atoms with E-state index in [2.05, 4.69) is 47.9 Å². The fourth-order valence-corrected chi connectivity index (χ4v) is 3.92. The smallest absolute Gasteiger partial charge is 0.349 e. The average Bonchev–Trinajstić information content (AvgIpc) is 2.77. The maximum atomic E-state index is 12.4. The zero-order valence-electron chi connectivity index (χ0n) is 21.1. The minimum atomic E-state index is -0.743. The molecular formula is C27H34N4O3. The van der Waals surface area contributed by atoms with Crippen molar-refractivity contribution in [3.8, 4) is 11.5 Å². The second kappa shape index (κ2) is 9.89. The van der Waals surface area contributed by atoms with Crippen LogP contribution in [0.2, 0.25) is 0 Å². The molecule has 2 N–H and O–H groups in total. The van der Waals surface area contributed by atoms with E-state index in [1.807, 2.05) is 52.0 Å². The van der Waals surface area contributed by atoms with Crippen molar-refractivity contribution < 1.29 is 5.11 Å². The van der Waals surface area contributed by atoms with Crippen molar-refractivity contribution in [2.24, 2.45) is 0 Å². The van der Waals surface area contributed by atoms with Gasteiger partial charge in [-0.15, -0.1) is 0 Å². The van der Waals surface area contributed by atoms with Crippen molar-refractivity contribution in [3.63, 3.8) is 0 Å². The molecule has 0 aromatic heterocycles. The van der Waals surface area contributed by atoms with E-state index in [-0.39, 0.29) is 23.5 Å². The summed E-state index contributed by atoms with van der Waals surface area (Å²) in [6.07, 6.45) is -0.312. The van der Waals surface area contributed by atoms with E-state index in [0.717, 1.165) is 22.2 Å². The van der Waals surface area contributed by atoms with Crippen LogP contribution in [0.25, 0.3) is 22.6 Å². The van der Waals surface area contributed by atoms with Gasteiger partial charge in [0.1, 0.15) is 0 Å². The zero-order chi connectivity index (χ0) is 25.2. The third-order valence-electron chi connectivity index (χ3n) is 5.91. The predicted octanol–water partition coefficient (Wildman–Crippen LogP) is 4.13. The van der Waals surface area contributed by atoms with Crippen molar-refractivity contribution >= 4 is 11.0 Å². The van der Waals surface area contributed by atoms with Gasteiger partial charge in [-0.2, -0.15) is 4.98 Å². The molecule has 2 heterocycles. The highest BCUT2D eigenvalue weighted by Gasteiger charge is 2.21. The van der Waals surface area contributed by atoms with Crippen LogP contribution in [-0.2, 0) is 18.4 Å². The Bertz CT molecular complexity index is 1380. The molecule has 0 aliphatic carbocycles. The quantitative estimate of drug-likeness (QED) is 0.444. The van der Waals surface area contributed by atoms with E-state index in [1.54, 1.807) is 4.57 Å². The van der Waals surface area contributed by atoms with E-state index >= 15 is 0 Å². The molecule has 34 heavy (non-hydrogen) atoms. The maximum absolute atomic E-state index is 12.4. The second-order valence-corrected chi connectivity index (χ2v) is 9.50. The van der Waals surface area contributed by atoms with Gasteiger partial charge in [-0.05, 0) is 53.6 Å². The second-order valence-electron chi connectivity index (χ2n) is 9.50. The van der Waals surface area contributed by atoms with E-state index in [4.69, 9.17) is 0 Å². The van der Waals surface area contributed by atoms with Crippen LogP contribution in [0.1, 0.15) is 56.9 Å². The van der Waals surface area contributed by atoms with E-state index < -0.39 is 17.4 Å². The Morgan fingerprint density at radius 2 is 1.62 bits per heavy atom. The standard InChI is InChI=1S/C25H28N4O3.C2H6/c1-14-10-19-20(11-15(14)2)29(22-21(26-19)23(31)28-24(32)27-22)13-18(30)12-16-6-8-17(9-7-16)25(3,4)5;1-2/h6-11,18,30H,12-13H2,1-5H3,(H,28,31,32);1-2H3.